The van der Waals surface area contributed by atoms with E-state index >= 15 is 0 Å². The van der Waals surface area contributed by atoms with Gasteiger partial charge in [0, 0.05) is 13.0 Å². The molecule has 1 aliphatic carbocycles. The molecule has 0 aromatic rings. The van der Waals surface area contributed by atoms with E-state index in [1.165, 1.54) is 25.7 Å². The van der Waals surface area contributed by atoms with Crippen LogP contribution in [0.2, 0.25) is 0 Å². The lowest BCUT2D eigenvalue weighted by Crippen LogP contribution is -2.35. The molecule has 1 fully saturated rings. The minimum Gasteiger partial charge on any atom is -0.356 e. The Morgan fingerprint density at radius 1 is 1.38 bits per heavy atom. The third kappa shape index (κ3) is 4.97. The van der Waals surface area contributed by atoms with Gasteiger partial charge in [-0.2, -0.15) is 0 Å². The van der Waals surface area contributed by atoms with Gasteiger partial charge in [-0.15, -0.1) is 0 Å². The first-order valence-corrected chi connectivity index (χ1v) is 6.50. The highest BCUT2D eigenvalue weighted by atomic mass is 16.1. The molecule has 0 bridgehead atoms. The molecule has 0 aliphatic heterocycles. The maximum atomic E-state index is 11.7. The zero-order valence-electron chi connectivity index (χ0n) is 10.7. The van der Waals surface area contributed by atoms with Crippen molar-refractivity contribution in [3.63, 3.8) is 0 Å². The molecular weight excluding hydrogens is 200 g/mol. The summed E-state index contributed by atoms with van der Waals surface area (Å²) in [4.78, 5) is 11.7. The summed E-state index contributed by atoms with van der Waals surface area (Å²) in [7, 11) is 0. The Balaban J connectivity index is 2.18. The molecule has 3 nitrogen and oxygen atoms in total. The minimum absolute atomic E-state index is 0.125. The Bertz CT molecular complexity index is 220. The van der Waals surface area contributed by atoms with Crippen LogP contribution in [0.3, 0.4) is 0 Å². The van der Waals surface area contributed by atoms with Crippen molar-refractivity contribution < 1.29 is 4.79 Å². The second-order valence-electron chi connectivity index (χ2n) is 5.83. The monoisotopic (exact) mass is 226 g/mol. The maximum absolute atomic E-state index is 11.7. The van der Waals surface area contributed by atoms with Crippen LogP contribution in [-0.2, 0) is 4.79 Å². The Hall–Kier alpha value is -0.570. The lowest BCUT2D eigenvalue weighted by Gasteiger charge is -2.24. The van der Waals surface area contributed by atoms with Gasteiger partial charge < -0.3 is 11.1 Å². The van der Waals surface area contributed by atoms with Crippen molar-refractivity contribution >= 4 is 5.91 Å². The lowest BCUT2D eigenvalue weighted by molar-refractivity contribution is -0.122. The molecule has 0 heterocycles. The third-order valence-electron chi connectivity index (χ3n) is 3.53. The van der Waals surface area contributed by atoms with Crippen LogP contribution in [0.4, 0.5) is 0 Å². The molecule has 1 amide bonds. The quantitative estimate of drug-likeness (QED) is 0.728. The van der Waals surface area contributed by atoms with Crippen LogP contribution in [0.5, 0.6) is 0 Å². The second kappa shape index (κ2) is 6.24. The molecule has 3 heteroatoms. The van der Waals surface area contributed by atoms with E-state index < -0.39 is 0 Å². The SMILES string of the molecule is CC(C)(CCN)CNC(=O)CC1CCCC1. The summed E-state index contributed by atoms with van der Waals surface area (Å²) in [5, 5.41) is 3.04. The van der Waals surface area contributed by atoms with E-state index in [0.29, 0.717) is 12.5 Å². The average molecular weight is 226 g/mol. The number of rotatable bonds is 6. The number of carbonyl (C=O) groups is 1. The normalized spacial score (nSPS) is 17.7. The molecule has 16 heavy (non-hydrogen) atoms. The highest BCUT2D eigenvalue weighted by Crippen LogP contribution is 2.27. The van der Waals surface area contributed by atoms with E-state index in [2.05, 4.69) is 19.2 Å². The molecule has 94 valence electrons. The molecule has 1 rings (SSSR count). The standard InChI is InChI=1S/C13H26N2O/c1-13(2,7-8-14)10-15-12(16)9-11-5-3-4-6-11/h11H,3-10,14H2,1-2H3,(H,15,16). The predicted octanol–water partition coefficient (Wildman–Crippen LogP) is 2.06. The van der Waals surface area contributed by atoms with Crippen LogP contribution in [0.15, 0.2) is 0 Å². The summed E-state index contributed by atoms with van der Waals surface area (Å²) in [5.74, 6) is 0.856. The zero-order chi connectivity index (χ0) is 12.0. The predicted molar refractivity (Wildman–Crippen MR) is 67.0 cm³/mol. The first-order chi connectivity index (χ1) is 7.53. The van der Waals surface area contributed by atoms with Crippen molar-refractivity contribution in [2.75, 3.05) is 13.1 Å². The van der Waals surface area contributed by atoms with Gasteiger partial charge in [-0.25, -0.2) is 0 Å². The Morgan fingerprint density at radius 3 is 2.56 bits per heavy atom. The molecule has 3 N–H and O–H groups in total. The number of hydrogen-bond acceptors (Lipinski definition) is 2. The third-order valence-corrected chi connectivity index (χ3v) is 3.53. The van der Waals surface area contributed by atoms with Crippen LogP contribution in [0, 0.1) is 11.3 Å². The number of carbonyl (C=O) groups excluding carboxylic acids is 1. The molecule has 0 atom stereocenters. The van der Waals surface area contributed by atoms with Gasteiger partial charge in [0.2, 0.25) is 5.91 Å². The fourth-order valence-electron chi connectivity index (χ4n) is 2.37. The van der Waals surface area contributed by atoms with Crippen LogP contribution in [-0.4, -0.2) is 19.0 Å². The van der Waals surface area contributed by atoms with Crippen molar-refractivity contribution in [3.05, 3.63) is 0 Å². The molecule has 0 unspecified atom stereocenters. The van der Waals surface area contributed by atoms with Crippen molar-refractivity contribution in [1.82, 2.24) is 5.32 Å². The van der Waals surface area contributed by atoms with Gasteiger partial charge in [-0.1, -0.05) is 26.7 Å². The summed E-state index contributed by atoms with van der Waals surface area (Å²) in [6, 6.07) is 0. The van der Waals surface area contributed by atoms with Gasteiger partial charge in [-0.3, -0.25) is 4.79 Å². The fourth-order valence-corrected chi connectivity index (χ4v) is 2.37. The lowest BCUT2D eigenvalue weighted by atomic mass is 9.89. The topological polar surface area (TPSA) is 55.1 Å². The zero-order valence-corrected chi connectivity index (χ0v) is 10.7. The van der Waals surface area contributed by atoms with Gasteiger partial charge in [0.1, 0.15) is 0 Å². The molecule has 0 aromatic heterocycles. The van der Waals surface area contributed by atoms with Crippen LogP contribution in [0.1, 0.15) is 52.4 Å². The molecule has 0 saturated heterocycles. The van der Waals surface area contributed by atoms with Gasteiger partial charge in [-0.05, 0) is 37.1 Å². The second-order valence-corrected chi connectivity index (χ2v) is 5.83. The molecular formula is C13H26N2O. The van der Waals surface area contributed by atoms with Gasteiger partial charge in [0.25, 0.3) is 0 Å². The van der Waals surface area contributed by atoms with Gasteiger partial charge in [0.05, 0.1) is 0 Å². The van der Waals surface area contributed by atoms with E-state index in [1.54, 1.807) is 0 Å². The number of hydrogen-bond donors (Lipinski definition) is 2. The number of amides is 1. The van der Waals surface area contributed by atoms with Crippen LogP contribution in [0.25, 0.3) is 0 Å². The first-order valence-electron chi connectivity index (χ1n) is 6.50. The Labute approximate surface area is 99.2 Å². The van der Waals surface area contributed by atoms with Crippen LogP contribution >= 0.6 is 0 Å². The van der Waals surface area contributed by atoms with E-state index in [0.717, 1.165) is 19.4 Å². The summed E-state index contributed by atoms with van der Waals surface area (Å²) in [5.41, 5.74) is 5.67. The molecule has 1 saturated carbocycles. The number of nitrogens with two attached hydrogens (primary N) is 1. The maximum Gasteiger partial charge on any atom is 0.220 e. The summed E-state index contributed by atoms with van der Waals surface area (Å²) >= 11 is 0. The Morgan fingerprint density at radius 2 is 2.00 bits per heavy atom. The smallest absolute Gasteiger partial charge is 0.220 e. The number of nitrogens with one attached hydrogen (secondary N) is 1. The van der Waals surface area contributed by atoms with E-state index in [-0.39, 0.29) is 11.3 Å². The summed E-state index contributed by atoms with van der Waals surface area (Å²) < 4.78 is 0. The average Bonchev–Trinajstić information content (AvgIpc) is 2.68. The van der Waals surface area contributed by atoms with E-state index in [9.17, 15) is 4.79 Å². The highest BCUT2D eigenvalue weighted by molar-refractivity contribution is 5.76. The summed E-state index contributed by atoms with van der Waals surface area (Å²) in [6.07, 6.45) is 6.75. The highest BCUT2D eigenvalue weighted by Gasteiger charge is 2.21. The minimum atomic E-state index is 0.125. The first kappa shape index (κ1) is 13.5. The van der Waals surface area contributed by atoms with Gasteiger partial charge >= 0.3 is 0 Å². The van der Waals surface area contributed by atoms with Crippen molar-refractivity contribution in [3.8, 4) is 0 Å². The van der Waals surface area contributed by atoms with Crippen molar-refractivity contribution in [2.45, 2.75) is 52.4 Å². The molecule has 1 aliphatic rings. The molecule has 0 aromatic carbocycles. The molecule has 0 radical (unpaired) electrons. The van der Waals surface area contributed by atoms with Crippen molar-refractivity contribution in [1.29, 1.82) is 0 Å². The largest absolute Gasteiger partial charge is 0.356 e. The van der Waals surface area contributed by atoms with Gasteiger partial charge in [0.15, 0.2) is 0 Å². The molecule has 0 spiro atoms. The summed E-state index contributed by atoms with van der Waals surface area (Å²) in [6.45, 7) is 5.73. The van der Waals surface area contributed by atoms with Crippen molar-refractivity contribution in [2.24, 2.45) is 17.1 Å². The fraction of sp³-hybridized carbons (Fsp3) is 0.923. The van der Waals surface area contributed by atoms with E-state index in [1.807, 2.05) is 0 Å². The van der Waals surface area contributed by atoms with Crippen LogP contribution < -0.4 is 11.1 Å². The van der Waals surface area contributed by atoms with E-state index in [4.69, 9.17) is 5.73 Å². The Kier molecular flexibility index (Phi) is 5.26.